The van der Waals surface area contributed by atoms with Gasteiger partial charge in [-0.25, -0.2) is 13.1 Å². The highest BCUT2D eigenvalue weighted by molar-refractivity contribution is 7.89. The fourth-order valence-corrected chi connectivity index (χ4v) is 3.71. The fraction of sp³-hybridized carbons (Fsp3) is 0.538. The number of anilines is 1. The van der Waals surface area contributed by atoms with Crippen molar-refractivity contribution in [3.63, 3.8) is 0 Å². The molecular weight excluding hydrogens is 264 g/mol. The summed E-state index contributed by atoms with van der Waals surface area (Å²) in [7, 11) is -3.45. The number of nitrogens with one attached hydrogen (secondary N) is 2. The molecule has 19 heavy (non-hydrogen) atoms. The van der Waals surface area contributed by atoms with Crippen molar-refractivity contribution in [3.05, 3.63) is 24.3 Å². The minimum absolute atomic E-state index is 0.101. The van der Waals surface area contributed by atoms with E-state index in [4.69, 9.17) is 0 Å². The van der Waals surface area contributed by atoms with Crippen LogP contribution in [0.4, 0.5) is 5.69 Å². The van der Waals surface area contributed by atoms with Gasteiger partial charge in [0.1, 0.15) is 4.90 Å². The van der Waals surface area contributed by atoms with Crippen LogP contribution < -0.4 is 10.0 Å². The maximum absolute atomic E-state index is 12.3. The summed E-state index contributed by atoms with van der Waals surface area (Å²) in [5.74, 6) is 0. The van der Waals surface area contributed by atoms with Gasteiger partial charge in [-0.1, -0.05) is 12.1 Å². The van der Waals surface area contributed by atoms with E-state index in [2.05, 4.69) is 10.0 Å². The fourth-order valence-electron chi connectivity index (χ4n) is 2.23. The normalized spacial score (nSPS) is 26.8. The summed E-state index contributed by atoms with van der Waals surface area (Å²) in [6, 6.07) is 7.18. The molecule has 0 aromatic heterocycles. The molecule has 0 heterocycles. The van der Waals surface area contributed by atoms with Crippen molar-refractivity contribution in [2.75, 3.05) is 5.32 Å². The highest BCUT2D eigenvalue weighted by Gasteiger charge is 2.31. The summed E-state index contributed by atoms with van der Waals surface area (Å²) in [5.41, 5.74) is 0.618. The minimum atomic E-state index is -3.45. The molecule has 3 rings (SSSR count). The molecule has 104 valence electrons. The Balaban J connectivity index is 1.80. The van der Waals surface area contributed by atoms with Crippen LogP contribution in [0, 0.1) is 0 Å². The van der Waals surface area contributed by atoms with Crippen LogP contribution in [0.1, 0.15) is 25.7 Å². The van der Waals surface area contributed by atoms with Crippen LogP contribution in [0.3, 0.4) is 0 Å². The predicted octanol–water partition coefficient (Wildman–Crippen LogP) is 1.06. The van der Waals surface area contributed by atoms with Crippen LogP contribution in [0.25, 0.3) is 0 Å². The van der Waals surface area contributed by atoms with Gasteiger partial charge in [0.05, 0.1) is 11.8 Å². The first-order chi connectivity index (χ1) is 9.04. The van der Waals surface area contributed by atoms with Gasteiger partial charge < -0.3 is 10.4 Å². The Morgan fingerprint density at radius 1 is 1.11 bits per heavy atom. The van der Waals surface area contributed by atoms with Crippen LogP contribution in [0.2, 0.25) is 0 Å². The molecule has 1 aromatic carbocycles. The Hall–Kier alpha value is -1.11. The number of aliphatic hydroxyl groups is 1. The van der Waals surface area contributed by atoms with Gasteiger partial charge in [0.2, 0.25) is 10.0 Å². The van der Waals surface area contributed by atoms with Gasteiger partial charge in [-0.3, -0.25) is 0 Å². The summed E-state index contributed by atoms with van der Waals surface area (Å²) in [6.07, 6.45) is 2.92. The van der Waals surface area contributed by atoms with Crippen molar-refractivity contribution in [1.29, 1.82) is 0 Å². The molecule has 0 bridgehead atoms. The van der Waals surface area contributed by atoms with E-state index < -0.39 is 10.0 Å². The molecule has 1 aromatic rings. The number of hydrogen-bond acceptors (Lipinski definition) is 4. The van der Waals surface area contributed by atoms with Crippen LogP contribution in [0.5, 0.6) is 0 Å². The van der Waals surface area contributed by atoms with Crippen LogP contribution in [-0.2, 0) is 10.0 Å². The number of para-hydroxylation sites is 1. The lowest BCUT2D eigenvalue weighted by atomic mass is 9.89. The number of hydrogen-bond donors (Lipinski definition) is 3. The molecule has 2 aliphatic carbocycles. The predicted molar refractivity (Wildman–Crippen MR) is 72.4 cm³/mol. The van der Waals surface area contributed by atoms with E-state index >= 15 is 0 Å². The van der Waals surface area contributed by atoms with Gasteiger partial charge >= 0.3 is 0 Å². The molecule has 0 unspecified atom stereocenters. The van der Waals surface area contributed by atoms with E-state index in [1.54, 1.807) is 18.2 Å². The molecule has 0 radical (unpaired) electrons. The summed E-state index contributed by atoms with van der Waals surface area (Å²) in [6.45, 7) is 0. The molecular formula is C13H18N2O3S. The van der Waals surface area contributed by atoms with Gasteiger partial charge in [-0.2, -0.15) is 0 Å². The van der Waals surface area contributed by atoms with Crippen molar-refractivity contribution < 1.29 is 13.5 Å². The van der Waals surface area contributed by atoms with Gasteiger partial charge in [0.15, 0.2) is 0 Å². The second-order valence-corrected chi connectivity index (χ2v) is 7.04. The molecule has 5 nitrogen and oxygen atoms in total. The van der Waals surface area contributed by atoms with Gasteiger partial charge in [-0.15, -0.1) is 0 Å². The van der Waals surface area contributed by atoms with E-state index in [1.165, 1.54) is 0 Å². The summed E-state index contributed by atoms with van der Waals surface area (Å²) in [5, 5.41) is 12.5. The average Bonchev–Trinajstić information content (AvgIpc) is 3.11. The zero-order chi connectivity index (χ0) is 13.5. The zero-order valence-corrected chi connectivity index (χ0v) is 11.4. The first kappa shape index (κ1) is 12.9. The second-order valence-electron chi connectivity index (χ2n) is 5.36. The summed E-state index contributed by atoms with van der Waals surface area (Å²) in [4.78, 5) is 0.295. The van der Waals surface area contributed by atoms with Crippen molar-refractivity contribution in [2.24, 2.45) is 0 Å². The van der Waals surface area contributed by atoms with E-state index in [0.717, 1.165) is 12.8 Å². The lowest BCUT2D eigenvalue weighted by molar-refractivity contribution is 0.0836. The largest absolute Gasteiger partial charge is 0.393 e. The SMILES string of the molecule is O=S(=O)(NC1CC1)c1ccccc1NC1CC(O)C1. The lowest BCUT2D eigenvalue weighted by Crippen LogP contribution is -2.39. The molecule has 0 aliphatic heterocycles. The van der Waals surface area contributed by atoms with Crippen LogP contribution >= 0.6 is 0 Å². The third-order valence-electron chi connectivity index (χ3n) is 3.55. The number of benzene rings is 1. The molecule has 2 saturated carbocycles. The molecule has 6 heteroatoms. The zero-order valence-electron chi connectivity index (χ0n) is 10.5. The third-order valence-corrected chi connectivity index (χ3v) is 5.13. The molecule has 0 saturated heterocycles. The maximum Gasteiger partial charge on any atom is 0.242 e. The van der Waals surface area contributed by atoms with E-state index in [9.17, 15) is 13.5 Å². The van der Waals surface area contributed by atoms with Crippen molar-refractivity contribution in [1.82, 2.24) is 4.72 Å². The van der Waals surface area contributed by atoms with Gasteiger partial charge in [0, 0.05) is 12.1 Å². The Morgan fingerprint density at radius 2 is 1.79 bits per heavy atom. The van der Waals surface area contributed by atoms with Gasteiger partial charge in [-0.05, 0) is 37.8 Å². The van der Waals surface area contributed by atoms with Crippen molar-refractivity contribution in [2.45, 2.75) is 48.8 Å². The smallest absolute Gasteiger partial charge is 0.242 e. The van der Waals surface area contributed by atoms with E-state index in [0.29, 0.717) is 23.4 Å². The Labute approximate surface area is 113 Å². The van der Waals surface area contributed by atoms with Crippen LogP contribution in [-0.4, -0.2) is 31.7 Å². The highest BCUT2D eigenvalue weighted by Crippen LogP contribution is 2.29. The Bertz CT molecular complexity index is 563. The Morgan fingerprint density at radius 3 is 2.42 bits per heavy atom. The molecule has 0 amide bonds. The first-order valence-electron chi connectivity index (χ1n) is 6.60. The third kappa shape index (κ3) is 2.91. The molecule has 0 spiro atoms. The van der Waals surface area contributed by atoms with E-state index in [1.807, 2.05) is 6.07 Å². The average molecular weight is 282 g/mol. The molecule has 2 aliphatic rings. The Kier molecular flexibility index (Phi) is 3.24. The highest BCUT2D eigenvalue weighted by atomic mass is 32.2. The monoisotopic (exact) mass is 282 g/mol. The minimum Gasteiger partial charge on any atom is -0.393 e. The van der Waals surface area contributed by atoms with Crippen molar-refractivity contribution >= 4 is 15.7 Å². The van der Waals surface area contributed by atoms with Crippen molar-refractivity contribution in [3.8, 4) is 0 Å². The summed E-state index contributed by atoms with van der Waals surface area (Å²) < 4.78 is 27.2. The van der Waals surface area contributed by atoms with Gasteiger partial charge in [0.25, 0.3) is 0 Å². The summed E-state index contributed by atoms with van der Waals surface area (Å²) >= 11 is 0. The number of aliphatic hydroxyl groups excluding tert-OH is 1. The topological polar surface area (TPSA) is 78.4 Å². The standard InChI is InChI=1S/C13H18N2O3S/c16-11-7-10(8-11)14-12-3-1-2-4-13(12)19(17,18)15-9-5-6-9/h1-4,9-11,14-16H,5-8H2. The number of rotatable bonds is 5. The molecule has 2 fully saturated rings. The van der Waals surface area contributed by atoms with Crippen LogP contribution in [0.15, 0.2) is 29.2 Å². The van der Waals surface area contributed by atoms with E-state index in [-0.39, 0.29) is 18.2 Å². The maximum atomic E-state index is 12.3. The lowest BCUT2D eigenvalue weighted by Gasteiger charge is -2.33. The number of sulfonamides is 1. The molecule has 0 atom stereocenters. The first-order valence-corrected chi connectivity index (χ1v) is 8.09. The quantitative estimate of drug-likeness (QED) is 0.754. The molecule has 3 N–H and O–H groups in total. The second kappa shape index (κ2) is 4.77.